The fourth-order valence-electron chi connectivity index (χ4n) is 4.75. The molecule has 220 valence electrons. The molecule has 1 saturated heterocycles. The quantitative estimate of drug-likeness (QED) is 0.296. The first kappa shape index (κ1) is 29.9. The minimum atomic E-state index is -4.95. The van der Waals surface area contributed by atoms with Gasteiger partial charge < -0.3 is 19.5 Å². The SMILES string of the molecule is COC(=O)[C@H](Cc1cn(Cc2ccccc2)cn1)NC(=O)C1CCN(c2cc(C(F)(F)F)cc(C(F)(F)F)c2)CC1. The van der Waals surface area contributed by atoms with E-state index in [0.717, 1.165) is 5.56 Å². The Balaban J connectivity index is 1.39. The highest BCUT2D eigenvalue weighted by molar-refractivity contribution is 5.86. The van der Waals surface area contributed by atoms with E-state index < -0.39 is 47.3 Å². The van der Waals surface area contributed by atoms with E-state index in [1.807, 2.05) is 34.9 Å². The van der Waals surface area contributed by atoms with Gasteiger partial charge in [-0.25, -0.2) is 9.78 Å². The molecule has 1 N–H and O–H groups in total. The number of alkyl halides is 6. The number of aromatic nitrogens is 2. The average Bonchev–Trinajstić information content (AvgIpc) is 3.38. The minimum Gasteiger partial charge on any atom is -0.467 e. The van der Waals surface area contributed by atoms with Crippen LogP contribution in [0.5, 0.6) is 0 Å². The molecule has 1 aliphatic rings. The molecule has 4 rings (SSSR count). The highest BCUT2D eigenvalue weighted by atomic mass is 19.4. The van der Waals surface area contributed by atoms with Gasteiger partial charge in [-0.2, -0.15) is 26.3 Å². The molecule has 1 amide bonds. The van der Waals surface area contributed by atoms with Crippen LogP contribution in [0.2, 0.25) is 0 Å². The topological polar surface area (TPSA) is 76.5 Å². The van der Waals surface area contributed by atoms with E-state index in [1.54, 1.807) is 12.5 Å². The Hall–Kier alpha value is -4.03. The van der Waals surface area contributed by atoms with E-state index in [2.05, 4.69) is 10.3 Å². The summed E-state index contributed by atoms with van der Waals surface area (Å²) < 4.78 is 86.3. The lowest BCUT2D eigenvalue weighted by Crippen LogP contribution is -2.48. The number of hydrogen-bond acceptors (Lipinski definition) is 5. The van der Waals surface area contributed by atoms with Gasteiger partial charge in [0.15, 0.2) is 0 Å². The lowest BCUT2D eigenvalue weighted by molar-refractivity contribution is -0.145. The number of benzene rings is 2. The van der Waals surface area contributed by atoms with Gasteiger partial charge in [0.2, 0.25) is 5.91 Å². The van der Waals surface area contributed by atoms with Gasteiger partial charge in [-0.15, -0.1) is 0 Å². The summed E-state index contributed by atoms with van der Waals surface area (Å²) in [4.78, 5) is 31.2. The molecule has 0 unspecified atom stereocenters. The number of nitrogens with one attached hydrogen (secondary N) is 1. The molecule has 2 aromatic carbocycles. The number of halogens is 6. The van der Waals surface area contributed by atoms with Crippen LogP contribution in [0.4, 0.5) is 32.0 Å². The van der Waals surface area contributed by atoms with Gasteiger partial charge in [0.05, 0.1) is 30.3 Å². The molecule has 0 aliphatic carbocycles. The Labute approximate surface area is 232 Å². The van der Waals surface area contributed by atoms with E-state index in [0.29, 0.717) is 24.4 Å². The number of methoxy groups -OCH3 is 1. The van der Waals surface area contributed by atoms with Crippen LogP contribution >= 0.6 is 0 Å². The zero-order valence-electron chi connectivity index (χ0n) is 22.0. The molecule has 41 heavy (non-hydrogen) atoms. The third-order valence-corrected chi connectivity index (χ3v) is 6.91. The second-order valence-electron chi connectivity index (χ2n) is 9.84. The van der Waals surface area contributed by atoms with E-state index in [4.69, 9.17) is 4.74 Å². The number of esters is 1. The Bertz CT molecular complexity index is 1320. The van der Waals surface area contributed by atoms with E-state index in [9.17, 15) is 35.9 Å². The zero-order chi connectivity index (χ0) is 29.8. The number of amides is 1. The van der Waals surface area contributed by atoms with Crippen LogP contribution in [0.25, 0.3) is 0 Å². The van der Waals surface area contributed by atoms with Gasteiger partial charge in [0, 0.05) is 43.9 Å². The number of rotatable bonds is 8. The van der Waals surface area contributed by atoms with Crippen LogP contribution < -0.4 is 10.2 Å². The van der Waals surface area contributed by atoms with Crippen molar-refractivity contribution in [2.75, 3.05) is 25.1 Å². The van der Waals surface area contributed by atoms with Gasteiger partial charge in [0.1, 0.15) is 6.04 Å². The second kappa shape index (κ2) is 12.2. The average molecular weight is 583 g/mol. The molecule has 3 aromatic rings. The molecule has 1 aliphatic heterocycles. The summed E-state index contributed by atoms with van der Waals surface area (Å²) in [5.41, 5.74) is -1.40. The normalized spacial score (nSPS) is 15.4. The monoisotopic (exact) mass is 582 g/mol. The predicted octanol–water partition coefficient (Wildman–Crippen LogP) is 5.09. The van der Waals surface area contributed by atoms with Gasteiger partial charge in [-0.3, -0.25) is 4.79 Å². The minimum absolute atomic E-state index is 0.0590. The molecule has 0 saturated carbocycles. The molecular formula is C28H28F6N4O3. The van der Waals surface area contributed by atoms with Crippen LogP contribution in [0.15, 0.2) is 61.1 Å². The maximum Gasteiger partial charge on any atom is 0.416 e. The van der Waals surface area contributed by atoms with Crippen LogP contribution in [-0.4, -0.2) is 47.7 Å². The third kappa shape index (κ3) is 7.80. The molecule has 1 aromatic heterocycles. The lowest BCUT2D eigenvalue weighted by atomic mass is 9.94. The number of anilines is 1. The van der Waals surface area contributed by atoms with Gasteiger partial charge >= 0.3 is 18.3 Å². The van der Waals surface area contributed by atoms with Crippen LogP contribution in [0.3, 0.4) is 0 Å². The van der Waals surface area contributed by atoms with Crippen molar-refractivity contribution in [3.63, 3.8) is 0 Å². The number of carbonyl (C=O) groups excluding carboxylic acids is 2. The molecule has 0 bridgehead atoms. The van der Waals surface area contributed by atoms with Crippen molar-refractivity contribution >= 4 is 17.6 Å². The molecule has 2 heterocycles. The van der Waals surface area contributed by atoms with E-state index in [1.165, 1.54) is 12.0 Å². The number of carbonyl (C=O) groups is 2. The van der Waals surface area contributed by atoms with Crippen molar-refractivity contribution in [1.29, 1.82) is 0 Å². The summed E-state index contributed by atoms with van der Waals surface area (Å²) in [6.45, 7) is 0.685. The first-order valence-electron chi connectivity index (χ1n) is 12.8. The first-order valence-corrected chi connectivity index (χ1v) is 12.8. The number of imidazole rings is 1. The molecule has 1 fully saturated rings. The van der Waals surface area contributed by atoms with E-state index >= 15 is 0 Å². The number of nitrogens with zero attached hydrogens (tertiary/aromatic N) is 3. The van der Waals surface area contributed by atoms with Crippen LogP contribution in [0, 0.1) is 5.92 Å². The van der Waals surface area contributed by atoms with Crippen LogP contribution in [-0.2, 0) is 39.6 Å². The fraction of sp³-hybridized carbons (Fsp3) is 0.393. The van der Waals surface area contributed by atoms with Crippen molar-refractivity contribution in [2.45, 2.75) is 44.2 Å². The Kier molecular flexibility index (Phi) is 8.93. The predicted molar refractivity (Wildman–Crippen MR) is 137 cm³/mol. The first-order chi connectivity index (χ1) is 19.3. The van der Waals surface area contributed by atoms with Gasteiger partial charge in [0.25, 0.3) is 0 Å². The van der Waals surface area contributed by atoms with Crippen molar-refractivity contribution in [3.05, 3.63) is 83.4 Å². The largest absolute Gasteiger partial charge is 0.467 e. The summed E-state index contributed by atoms with van der Waals surface area (Å²) in [6.07, 6.45) is -6.11. The number of piperidine rings is 1. The molecular weight excluding hydrogens is 554 g/mol. The molecule has 0 spiro atoms. The lowest BCUT2D eigenvalue weighted by Gasteiger charge is -2.34. The Morgan fingerprint density at radius 1 is 1.00 bits per heavy atom. The maximum absolute atomic E-state index is 13.3. The van der Waals surface area contributed by atoms with Crippen molar-refractivity contribution in [2.24, 2.45) is 5.92 Å². The summed E-state index contributed by atoms with van der Waals surface area (Å²) >= 11 is 0. The highest BCUT2D eigenvalue weighted by Gasteiger charge is 2.38. The highest BCUT2D eigenvalue weighted by Crippen LogP contribution is 2.39. The van der Waals surface area contributed by atoms with Crippen molar-refractivity contribution in [1.82, 2.24) is 14.9 Å². The summed E-state index contributed by atoms with van der Waals surface area (Å²) in [5, 5.41) is 2.68. The maximum atomic E-state index is 13.3. The third-order valence-electron chi connectivity index (χ3n) is 6.91. The molecule has 13 heteroatoms. The van der Waals surface area contributed by atoms with Crippen molar-refractivity contribution in [3.8, 4) is 0 Å². The van der Waals surface area contributed by atoms with E-state index in [-0.39, 0.29) is 44.1 Å². The number of hydrogen-bond donors (Lipinski definition) is 1. The van der Waals surface area contributed by atoms with Gasteiger partial charge in [-0.05, 0) is 36.6 Å². The van der Waals surface area contributed by atoms with Crippen LogP contribution in [0.1, 0.15) is 35.2 Å². The molecule has 1 atom stereocenters. The Morgan fingerprint density at radius 3 is 2.17 bits per heavy atom. The second-order valence-corrected chi connectivity index (χ2v) is 9.84. The summed E-state index contributed by atoms with van der Waals surface area (Å²) in [5.74, 6) is -1.72. The van der Waals surface area contributed by atoms with Crippen molar-refractivity contribution < 1.29 is 40.7 Å². The molecule has 7 nitrogen and oxygen atoms in total. The fourth-order valence-corrected chi connectivity index (χ4v) is 4.75. The number of ether oxygens (including phenoxy) is 1. The summed E-state index contributed by atoms with van der Waals surface area (Å²) in [6, 6.07) is 10.1. The standard InChI is InChI=1S/C28H28F6N4O3/c1-41-26(40)24(14-22-16-37(17-35-22)15-18-5-3-2-4-6-18)36-25(39)19-7-9-38(10-8-19)23-12-20(27(29,30)31)11-21(13-23)28(32,33)34/h2-6,11-13,16-17,19,24H,7-10,14-15H2,1H3,(H,36,39)/t24-/m0/s1. The van der Waals surface area contributed by atoms with Gasteiger partial charge in [-0.1, -0.05) is 30.3 Å². The summed E-state index contributed by atoms with van der Waals surface area (Å²) in [7, 11) is 1.19. The Morgan fingerprint density at radius 2 is 1.61 bits per heavy atom. The zero-order valence-corrected chi connectivity index (χ0v) is 22.0. The molecule has 0 radical (unpaired) electrons. The smallest absolute Gasteiger partial charge is 0.416 e.